The van der Waals surface area contributed by atoms with Crippen LogP contribution >= 0.6 is 12.2 Å². The van der Waals surface area contributed by atoms with Crippen LogP contribution in [0.15, 0.2) is 36.4 Å². The Morgan fingerprint density at radius 2 is 2.06 bits per heavy atom. The Balaban J connectivity index is 2.16. The monoisotopic (exact) mass is 254 g/mol. The van der Waals surface area contributed by atoms with E-state index in [9.17, 15) is 4.79 Å². The third kappa shape index (κ3) is 1.68. The van der Waals surface area contributed by atoms with E-state index < -0.39 is 0 Å². The molecule has 1 aromatic rings. The van der Waals surface area contributed by atoms with E-state index in [1.807, 2.05) is 25.1 Å². The van der Waals surface area contributed by atoms with Crippen LogP contribution in [0.4, 0.5) is 0 Å². The van der Waals surface area contributed by atoms with E-state index in [0.29, 0.717) is 0 Å². The Labute approximate surface area is 112 Å². The highest BCUT2D eigenvalue weighted by Gasteiger charge is 2.29. The number of benzene rings is 1. The number of ketones is 1. The van der Waals surface area contributed by atoms with Crippen molar-refractivity contribution in [3.05, 3.63) is 53.1 Å². The standard InChI is InChI=1S/C16H14OS/c1-10-9-14-11(6-4-7-13(14)16(10)17)12-5-2-3-8-15(12)18/h2-7,10H,8-9H2,1H3. The zero-order valence-corrected chi connectivity index (χ0v) is 11.1. The summed E-state index contributed by atoms with van der Waals surface area (Å²) in [6.07, 6.45) is 7.85. The van der Waals surface area contributed by atoms with Crippen molar-refractivity contribution in [2.75, 3.05) is 0 Å². The lowest BCUT2D eigenvalue weighted by molar-refractivity contribution is 0.0946. The van der Waals surface area contributed by atoms with E-state index in [4.69, 9.17) is 12.2 Å². The molecule has 3 rings (SSSR count). The average Bonchev–Trinajstić information content (AvgIpc) is 2.67. The number of carbonyl (C=O) groups excluding carboxylic acids is 1. The van der Waals surface area contributed by atoms with Gasteiger partial charge in [0.05, 0.1) is 0 Å². The molecule has 0 spiro atoms. The molecule has 0 saturated carbocycles. The van der Waals surface area contributed by atoms with Gasteiger partial charge in [0.25, 0.3) is 0 Å². The van der Waals surface area contributed by atoms with E-state index in [-0.39, 0.29) is 11.7 Å². The normalized spacial score (nSPS) is 22.1. The Morgan fingerprint density at radius 1 is 1.28 bits per heavy atom. The van der Waals surface area contributed by atoms with Crippen molar-refractivity contribution in [3.63, 3.8) is 0 Å². The first-order valence-electron chi connectivity index (χ1n) is 6.25. The van der Waals surface area contributed by atoms with Gasteiger partial charge in [-0.2, -0.15) is 0 Å². The Kier molecular flexibility index (Phi) is 2.75. The lowest BCUT2D eigenvalue weighted by Crippen LogP contribution is -2.04. The van der Waals surface area contributed by atoms with E-state index in [2.05, 4.69) is 18.2 Å². The fourth-order valence-corrected chi connectivity index (χ4v) is 3.01. The summed E-state index contributed by atoms with van der Waals surface area (Å²) in [4.78, 5) is 13.0. The highest BCUT2D eigenvalue weighted by molar-refractivity contribution is 7.81. The Morgan fingerprint density at radius 3 is 2.83 bits per heavy atom. The van der Waals surface area contributed by atoms with Gasteiger partial charge in [-0.15, -0.1) is 0 Å². The maximum absolute atomic E-state index is 12.0. The van der Waals surface area contributed by atoms with Gasteiger partial charge in [-0.05, 0) is 23.1 Å². The van der Waals surface area contributed by atoms with Crippen LogP contribution in [0.2, 0.25) is 0 Å². The van der Waals surface area contributed by atoms with Gasteiger partial charge in [-0.1, -0.05) is 55.6 Å². The van der Waals surface area contributed by atoms with E-state index in [1.54, 1.807) is 0 Å². The lowest BCUT2D eigenvalue weighted by atomic mass is 9.91. The van der Waals surface area contributed by atoms with Gasteiger partial charge < -0.3 is 0 Å². The van der Waals surface area contributed by atoms with Crippen LogP contribution in [0, 0.1) is 5.92 Å². The first kappa shape index (κ1) is 11.5. The molecular formula is C16H14OS. The number of rotatable bonds is 1. The van der Waals surface area contributed by atoms with Crippen LogP contribution in [0.5, 0.6) is 0 Å². The number of Topliss-reactive ketones (excluding diaryl/α,β-unsaturated/α-hetero) is 1. The smallest absolute Gasteiger partial charge is 0.166 e. The van der Waals surface area contributed by atoms with Gasteiger partial charge in [0, 0.05) is 22.8 Å². The number of hydrogen-bond acceptors (Lipinski definition) is 2. The fraction of sp³-hybridized carbons (Fsp3) is 0.250. The maximum atomic E-state index is 12.0. The second-order valence-corrected chi connectivity index (χ2v) is 5.43. The van der Waals surface area contributed by atoms with Crippen molar-refractivity contribution in [1.29, 1.82) is 0 Å². The minimum absolute atomic E-state index is 0.106. The molecule has 1 nitrogen and oxygen atoms in total. The number of carbonyl (C=O) groups is 1. The summed E-state index contributed by atoms with van der Waals surface area (Å²) in [5, 5.41) is 0. The van der Waals surface area contributed by atoms with Crippen LogP contribution < -0.4 is 0 Å². The summed E-state index contributed by atoms with van der Waals surface area (Å²) in [6.45, 7) is 2.00. The highest BCUT2D eigenvalue weighted by Crippen LogP contribution is 2.34. The van der Waals surface area contributed by atoms with E-state index in [1.165, 1.54) is 5.56 Å². The largest absolute Gasteiger partial charge is 0.294 e. The highest BCUT2D eigenvalue weighted by atomic mass is 32.1. The molecule has 0 saturated heterocycles. The molecule has 1 atom stereocenters. The van der Waals surface area contributed by atoms with Crippen molar-refractivity contribution in [3.8, 4) is 0 Å². The zero-order chi connectivity index (χ0) is 12.7. The lowest BCUT2D eigenvalue weighted by Gasteiger charge is -2.14. The van der Waals surface area contributed by atoms with Crippen LogP contribution in [0.1, 0.15) is 34.8 Å². The molecule has 0 radical (unpaired) electrons. The molecule has 0 amide bonds. The Hall–Kier alpha value is -1.54. The first-order chi connectivity index (χ1) is 8.68. The van der Waals surface area contributed by atoms with Crippen LogP contribution in [-0.2, 0) is 6.42 Å². The summed E-state index contributed by atoms with van der Waals surface area (Å²) >= 11 is 5.43. The second-order valence-electron chi connectivity index (χ2n) is 4.94. The van der Waals surface area contributed by atoms with Crippen molar-refractivity contribution in [1.82, 2.24) is 0 Å². The fourth-order valence-electron chi connectivity index (χ4n) is 2.74. The predicted octanol–water partition coefficient (Wildman–Crippen LogP) is 3.77. The summed E-state index contributed by atoms with van der Waals surface area (Å²) in [7, 11) is 0. The number of allylic oxidation sites excluding steroid dienone is 4. The van der Waals surface area contributed by atoms with Crippen molar-refractivity contribution < 1.29 is 4.79 Å². The van der Waals surface area contributed by atoms with Crippen LogP contribution in [0.3, 0.4) is 0 Å². The molecule has 0 heterocycles. The second kappa shape index (κ2) is 4.29. The minimum atomic E-state index is 0.106. The molecule has 90 valence electrons. The molecule has 2 aliphatic carbocycles. The van der Waals surface area contributed by atoms with Crippen LogP contribution in [-0.4, -0.2) is 10.6 Å². The molecule has 0 aromatic heterocycles. The number of hydrogen-bond donors (Lipinski definition) is 0. The quantitative estimate of drug-likeness (QED) is 0.710. The van der Waals surface area contributed by atoms with Gasteiger partial charge in [0.2, 0.25) is 0 Å². The Bertz CT molecular complexity index is 608. The molecule has 0 aliphatic heterocycles. The molecular weight excluding hydrogens is 240 g/mol. The summed E-state index contributed by atoms with van der Waals surface area (Å²) < 4.78 is 0. The first-order valence-corrected chi connectivity index (χ1v) is 6.66. The third-order valence-corrected chi connectivity index (χ3v) is 4.08. The molecule has 18 heavy (non-hydrogen) atoms. The van der Waals surface area contributed by atoms with Crippen molar-refractivity contribution in [2.45, 2.75) is 19.8 Å². The van der Waals surface area contributed by atoms with Gasteiger partial charge in [0.15, 0.2) is 5.78 Å². The average molecular weight is 254 g/mol. The van der Waals surface area contributed by atoms with Gasteiger partial charge in [-0.3, -0.25) is 4.79 Å². The van der Waals surface area contributed by atoms with Gasteiger partial charge in [0.1, 0.15) is 0 Å². The van der Waals surface area contributed by atoms with Crippen molar-refractivity contribution in [2.24, 2.45) is 5.92 Å². The summed E-state index contributed by atoms with van der Waals surface area (Å²) in [6, 6.07) is 5.99. The third-order valence-electron chi connectivity index (χ3n) is 3.69. The number of fused-ring (bicyclic) bond motifs is 1. The molecule has 0 N–H and O–H groups in total. The molecule has 0 fully saturated rings. The predicted molar refractivity (Wildman–Crippen MR) is 78.0 cm³/mol. The molecule has 1 unspecified atom stereocenters. The van der Waals surface area contributed by atoms with E-state index in [0.717, 1.165) is 34.4 Å². The van der Waals surface area contributed by atoms with Crippen LogP contribution in [0.25, 0.3) is 5.57 Å². The summed E-state index contributed by atoms with van der Waals surface area (Å²) in [5.41, 5.74) is 4.34. The maximum Gasteiger partial charge on any atom is 0.166 e. The molecule has 2 aliphatic rings. The SMILES string of the molecule is CC1Cc2c(cccc2C2=CC=CCC2=S)C1=O. The van der Waals surface area contributed by atoms with E-state index >= 15 is 0 Å². The minimum Gasteiger partial charge on any atom is -0.294 e. The molecule has 2 heteroatoms. The molecule has 1 aromatic carbocycles. The van der Waals surface area contributed by atoms with Gasteiger partial charge in [-0.25, -0.2) is 0 Å². The molecule has 0 bridgehead atoms. The van der Waals surface area contributed by atoms with Gasteiger partial charge >= 0.3 is 0 Å². The zero-order valence-electron chi connectivity index (χ0n) is 10.3. The summed E-state index contributed by atoms with van der Waals surface area (Å²) in [5.74, 6) is 0.374. The number of thiocarbonyl (C=S) groups is 1. The van der Waals surface area contributed by atoms with Crippen molar-refractivity contribution >= 4 is 28.4 Å². The topological polar surface area (TPSA) is 17.1 Å².